The standard InChI is InChI=1S/C23H24N2O/c1-3-8-20(9-4-1)12-7-17-26-23-15-13-22(14-16-23)19-25-24-18-21-10-5-2-6-11-21/h1-6,8-11,13-16,19,24H,7,12,17-18H2. The van der Waals surface area contributed by atoms with E-state index in [-0.39, 0.29) is 0 Å². The molecule has 0 radical (unpaired) electrons. The number of rotatable bonds is 9. The summed E-state index contributed by atoms with van der Waals surface area (Å²) < 4.78 is 5.81. The maximum Gasteiger partial charge on any atom is 0.119 e. The minimum absolute atomic E-state index is 0.722. The van der Waals surface area contributed by atoms with E-state index in [1.807, 2.05) is 54.7 Å². The van der Waals surface area contributed by atoms with Crippen molar-refractivity contribution in [2.45, 2.75) is 19.4 Å². The molecule has 0 amide bonds. The van der Waals surface area contributed by atoms with Gasteiger partial charge < -0.3 is 10.2 Å². The van der Waals surface area contributed by atoms with Gasteiger partial charge in [0.15, 0.2) is 0 Å². The Morgan fingerprint density at radius 2 is 1.42 bits per heavy atom. The fraction of sp³-hybridized carbons (Fsp3) is 0.174. The van der Waals surface area contributed by atoms with Gasteiger partial charge in [0.2, 0.25) is 0 Å². The van der Waals surface area contributed by atoms with Crippen LogP contribution in [-0.2, 0) is 13.0 Å². The lowest BCUT2D eigenvalue weighted by molar-refractivity contribution is 0.311. The minimum Gasteiger partial charge on any atom is -0.494 e. The van der Waals surface area contributed by atoms with Crippen LogP contribution in [0.1, 0.15) is 23.1 Å². The highest BCUT2D eigenvalue weighted by atomic mass is 16.5. The van der Waals surface area contributed by atoms with Gasteiger partial charge in [-0.1, -0.05) is 60.7 Å². The van der Waals surface area contributed by atoms with Gasteiger partial charge in [-0.15, -0.1) is 0 Å². The van der Waals surface area contributed by atoms with Crippen LogP contribution in [0.15, 0.2) is 90.0 Å². The summed E-state index contributed by atoms with van der Waals surface area (Å²) in [4.78, 5) is 0. The molecule has 0 unspecified atom stereocenters. The molecule has 0 aliphatic carbocycles. The average Bonchev–Trinajstić information content (AvgIpc) is 2.71. The van der Waals surface area contributed by atoms with E-state index in [0.29, 0.717) is 0 Å². The molecule has 26 heavy (non-hydrogen) atoms. The van der Waals surface area contributed by atoms with Crippen molar-refractivity contribution >= 4 is 6.21 Å². The molecule has 3 aromatic carbocycles. The fourth-order valence-corrected chi connectivity index (χ4v) is 2.61. The molecule has 3 rings (SSSR count). The summed E-state index contributed by atoms with van der Waals surface area (Å²) in [7, 11) is 0. The second-order valence-electron chi connectivity index (χ2n) is 6.09. The van der Waals surface area contributed by atoms with Gasteiger partial charge in [-0.05, 0) is 53.8 Å². The number of nitrogens with zero attached hydrogens (tertiary/aromatic N) is 1. The van der Waals surface area contributed by atoms with Gasteiger partial charge >= 0.3 is 0 Å². The molecule has 0 spiro atoms. The number of ether oxygens (including phenoxy) is 1. The van der Waals surface area contributed by atoms with Crippen molar-refractivity contribution < 1.29 is 4.74 Å². The number of aryl methyl sites for hydroxylation is 1. The molecule has 0 aliphatic heterocycles. The highest BCUT2D eigenvalue weighted by Gasteiger charge is 1.96. The summed E-state index contributed by atoms with van der Waals surface area (Å²) in [5, 5.41) is 4.26. The molecule has 0 heterocycles. The number of nitrogens with one attached hydrogen (secondary N) is 1. The molecular formula is C23H24N2O. The quantitative estimate of drug-likeness (QED) is 0.343. The van der Waals surface area contributed by atoms with E-state index in [1.165, 1.54) is 11.1 Å². The SMILES string of the molecule is C(=NNCc1ccccc1)c1ccc(OCCCc2ccccc2)cc1. The molecule has 3 heteroatoms. The monoisotopic (exact) mass is 344 g/mol. The Bertz CT molecular complexity index is 783. The van der Waals surface area contributed by atoms with Crippen molar-refractivity contribution in [3.8, 4) is 5.75 Å². The first kappa shape index (κ1) is 17.7. The number of hydrogen-bond acceptors (Lipinski definition) is 3. The molecule has 0 atom stereocenters. The smallest absolute Gasteiger partial charge is 0.119 e. The molecule has 0 fully saturated rings. The zero-order valence-electron chi connectivity index (χ0n) is 14.8. The number of hydrogen-bond donors (Lipinski definition) is 1. The van der Waals surface area contributed by atoms with Crippen LogP contribution in [0, 0.1) is 0 Å². The third kappa shape index (κ3) is 6.10. The molecule has 3 aromatic rings. The predicted octanol–water partition coefficient (Wildman–Crippen LogP) is 4.82. The van der Waals surface area contributed by atoms with Gasteiger partial charge in [0, 0.05) is 0 Å². The normalized spacial score (nSPS) is 10.8. The van der Waals surface area contributed by atoms with Crippen LogP contribution < -0.4 is 10.2 Å². The first-order chi connectivity index (χ1) is 12.9. The van der Waals surface area contributed by atoms with Crippen LogP contribution in [0.5, 0.6) is 5.75 Å². The Kier molecular flexibility index (Phi) is 6.85. The molecule has 1 N–H and O–H groups in total. The zero-order valence-corrected chi connectivity index (χ0v) is 14.8. The molecule has 0 aromatic heterocycles. The Hall–Kier alpha value is -3.07. The maximum atomic E-state index is 5.81. The van der Waals surface area contributed by atoms with E-state index in [1.54, 1.807) is 0 Å². The lowest BCUT2D eigenvalue weighted by Crippen LogP contribution is -2.05. The summed E-state index contributed by atoms with van der Waals surface area (Å²) >= 11 is 0. The topological polar surface area (TPSA) is 33.6 Å². The molecule has 0 bridgehead atoms. The van der Waals surface area contributed by atoms with Crippen LogP contribution in [0.3, 0.4) is 0 Å². The third-order valence-corrected chi connectivity index (χ3v) is 4.03. The highest BCUT2D eigenvalue weighted by Crippen LogP contribution is 2.12. The van der Waals surface area contributed by atoms with Crippen LogP contribution >= 0.6 is 0 Å². The summed E-state index contributed by atoms with van der Waals surface area (Å²) in [5.74, 6) is 0.896. The van der Waals surface area contributed by atoms with Crippen LogP contribution in [0.4, 0.5) is 0 Å². The number of hydrazone groups is 1. The van der Waals surface area contributed by atoms with Gasteiger partial charge in [-0.2, -0.15) is 5.10 Å². The van der Waals surface area contributed by atoms with Crippen LogP contribution in [-0.4, -0.2) is 12.8 Å². The molecule has 0 saturated carbocycles. The maximum absolute atomic E-state index is 5.81. The average molecular weight is 344 g/mol. The molecule has 3 nitrogen and oxygen atoms in total. The van der Waals surface area contributed by atoms with Crippen molar-refractivity contribution in [1.29, 1.82) is 0 Å². The summed E-state index contributed by atoms with van der Waals surface area (Å²) in [6.07, 6.45) is 3.87. The lowest BCUT2D eigenvalue weighted by atomic mass is 10.1. The van der Waals surface area contributed by atoms with E-state index in [2.05, 4.69) is 46.9 Å². The first-order valence-electron chi connectivity index (χ1n) is 8.97. The van der Waals surface area contributed by atoms with E-state index >= 15 is 0 Å². The van der Waals surface area contributed by atoms with Crippen molar-refractivity contribution in [3.63, 3.8) is 0 Å². The first-order valence-corrected chi connectivity index (χ1v) is 8.97. The van der Waals surface area contributed by atoms with Crippen molar-refractivity contribution in [3.05, 3.63) is 102 Å². The van der Waals surface area contributed by atoms with Gasteiger partial charge in [-0.25, -0.2) is 0 Å². The fourth-order valence-electron chi connectivity index (χ4n) is 2.61. The highest BCUT2D eigenvalue weighted by molar-refractivity contribution is 5.79. The van der Waals surface area contributed by atoms with E-state index in [4.69, 9.17) is 4.74 Å². The van der Waals surface area contributed by atoms with Crippen LogP contribution in [0.25, 0.3) is 0 Å². The van der Waals surface area contributed by atoms with Gasteiger partial charge in [0.05, 0.1) is 19.4 Å². The molecular weight excluding hydrogens is 320 g/mol. The third-order valence-electron chi connectivity index (χ3n) is 4.03. The Balaban J connectivity index is 1.37. The summed E-state index contributed by atoms with van der Waals surface area (Å²) in [6.45, 7) is 1.45. The largest absolute Gasteiger partial charge is 0.494 e. The molecule has 0 aliphatic rings. The van der Waals surface area contributed by atoms with Crippen molar-refractivity contribution in [1.82, 2.24) is 5.43 Å². The predicted molar refractivity (Wildman–Crippen MR) is 108 cm³/mol. The van der Waals surface area contributed by atoms with Gasteiger partial charge in [0.25, 0.3) is 0 Å². The lowest BCUT2D eigenvalue weighted by Gasteiger charge is -2.06. The Morgan fingerprint density at radius 1 is 0.769 bits per heavy atom. The van der Waals surface area contributed by atoms with Crippen LogP contribution in [0.2, 0.25) is 0 Å². The zero-order chi connectivity index (χ0) is 17.9. The van der Waals surface area contributed by atoms with E-state index in [0.717, 1.165) is 37.3 Å². The van der Waals surface area contributed by atoms with Crippen molar-refractivity contribution in [2.24, 2.45) is 5.10 Å². The summed E-state index contributed by atoms with van der Waals surface area (Å²) in [5.41, 5.74) is 6.67. The summed E-state index contributed by atoms with van der Waals surface area (Å²) in [6, 6.07) is 28.7. The molecule has 0 saturated heterocycles. The van der Waals surface area contributed by atoms with E-state index in [9.17, 15) is 0 Å². The Morgan fingerprint density at radius 3 is 2.12 bits per heavy atom. The van der Waals surface area contributed by atoms with Crippen molar-refractivity contribution in [2.75, 3.05) is 6.61 Å². The minimum atomic E-state index is 0.722. The number of benzene rings is 3. The Labute approximate surface area is 155 Å². The molecule has 132 valence electrons. The second-order valence-corrected chi connectivity index (χ2v) is 6.09. The van der Waals surface area contributed by atoms with Gasteiger partial charge in [0.1, 0.15) is 5.75 Å². The second kappa shape index (κ2) is 10.0. The van der Waals surface area contributed by atoms with Gasteiger partial charge in [-0.3, -0.25) is 0 Å². The van der Waals surface area contributed by atoms with E-state index < -0.39 is 0 Å².